The van der Waals surface area contributed by atoms with E-state index in [0.29, 0.717) is 6.42 Å². The van der Waals surface area contributed by atoms with Gasteiger partial charge in [-0.3, -0.25) is 10.1 Å². The molecule has 1 saturated heterocycles. The average molecular weight is 263 g/mol. The standard InChI is InChI=1S/C15H21NO3/c1-10(2)19-12-6-3-5-11(9-12)13-7-4-8-14(16-13)15(17)18/h3,5-6,9-10,13-14,16H,4,7-8H2,1-2H3,(H,17,18). The summed E-state index contributed by atoms with van der Waals surface area (Å²) in [5.41, 5.74) is 1.10. The molecule has 0 bridgehead atoms. The molecule has 2 N–H and O–H groups in total. The summed E-state index contributed by atoms with van der Waals surface area (Å²) in [6.07, 6.45) is 2.74. The van der Waals surface area contributed by atoms with Crippen molar-refractivity contribution in [3.8, 4) is 5.75 Å². The second-order valence-electron chi connectivity index (χ2n) is 5.28. The van der Waals surface area contributed by atoms with Gasteiger partial charge in [-0.1, -0.05) is 12.1 Å². The first kappa shape index (κ1) is 13.9. The smallest absolute Gasteiger partial charge is 0.320 e. The molecule has 4 nitrogen and oxygen atoms in total. The summed E-state index contributed by atoms with van der Waals surface area (Å²) in [7, 11) is 0. The minimum absolute atomic E-state index is 0.102. The molecule has 1 heterocycles. The fourth-order valence-electron chi connectivity index (χ4n) is 2.47. The molecule has 0 aromatic heterocycles. The largest absolute Gasteiger partial charge is 0.491 e. The lowest BCUT2D eigenvalue weighted by molar-refractivity contribution is -0.140. The molecule has 0 radical (unpaired) electrons. The van der Waals surface area contributed by atoms with Gasteiger partial charge in [-0.25, -0.2) is 0 Å². The van der Waals surface area contributed by atoms with Crippen LogP contribution < -0.4 is 10.1 Å². The minimum Gasteiger partial charge on any atom is -0.491 e. The van der Waals surface area contributed by atoms with E-state index in [9.17, 15) is 4.79 Å². The topological polar surface area (TPSA) is 58.6 Å². The summed E-state index contributed by atoms with van der Waals surface area (Å²) in [6.45, 7) is 3.98. The highest BCUT2D eigenvalue weighted by atomic mass is 16.5. The number of carbonyl (C=O) groups is 1. The van der Waals surface area contributed by atoms with Gasteiger partial charge in [0.25, 0.3) is 0 Å². The number of ether oxygens (including phenoxy) is 1. The molecule has 1 fully saturated rings. The van der Waals surface area contributed by atoms with Crippen LogP contribution in [0.3, 0.4) is 0 Å². The summed E-state index contributed by atoms with van der Waals surface area (Å²) < 4.78 is 5.68. The van der Waals surface area contributed by atoms with Crippen molar-refractivity contribution in [1.29, 1.82) is 0 Å². The van der Waals surface area contributed by atoms with Crippen LogP contribution in [0, 0.1) is 0 Å². The lowest BCUT2D eigenvalue weighted by Gasteiger charge is -2.29. The molecule has 2 unspecified atom stereocenters. The van der Waals surface area contributed by atoms with Gasteiger partial charge in [0.1, 0.15) is 11.8 Å². The van der Waals surface area contributed by atoms with E-state index in [-0.39, 0.29) is 12.1 Å². The van der Waals surface area contributed by atoms with Crippen molar-refractivity contribution in [2.24, 2.45) is 0 Å². The number of carboxylic acids is 1. The third kappa shape index (κ3) is 3.70. The molecule has 1 aliphatic rings. The van der Waals surface area contributed by atoms with Crippen molar-refractivity contribution < 1.29 is 14.6 Å². The van der Waals surface area contributed by atoms with Crippen LogP contribution in [-0.2, 0) is 4.79 Å². The summed E-state index contributed by atoms with van der Waals surface area (Å²) >= 11 is 0. The van der Waals surface area contributed by atoms with Crippen LogP contribution in [0.1, 0.15) is 44.7 Å². The number of carboxylic acid groups (broad SMARTS) is 1. The SMILES string of the molecule is CC(C)Oc1cccc(C2CCCC(C(=O)O)N2)c1. The van der Waals surface area contributed by atoms with Crippen molar-refractivity contribution >= 4 is 5.97 Å². The highest BCUT2D eigenvalue weighted by Gasteiger charge is 2.26. The van der Waals surface area contributed by atoms with E-state index < -0.39 is 12.0 Å². The molecule has 104 valence electrons. The van der Waals surface area contributed by atoms with Crippen molar-refractivity contribution in [2.45, 2.75) is 51.3 Å². The second kappa shape index (κ2) is 6.06. The van der Waals surface area contributed by atoms with Gasteiger partial charge in [0.05, 0.1) is 6.10 Å². The predicted molar refractivity (Wildman–Crippen MR) is 73.4 cm³/mol. The Morgan fingerprint density at radius 2 is 2.21 bits per heavy atom. The maximum atomic E-state index is 11.1. The molecular weight excluding hydrogens is 242 g/mol. The molecule has 1 aliphatic heterocycles. The van der Waals surface area contributed by atoms with Crippen LogP contribution >= 0.6 is 0 Å². The van der Waals surface area contributed by atoms with Gasteiger partial charge in [-0.2, -0.15) is 0 Å². The summed E-state index contributed by atoms with van der Waals surface area (Å²) in [4.78, 5) is 11.1. The van der Waals surface area contributed by atoms with E-state index in [1.54, 1.807) is 0 Å². The Bertz CT molecular complexity index is 445. The first-order valence-electron chi connectivity index (χ1n) is 6.81. The van der Waals surface area contributed by atoms with Gasteiger partial charge in [0, 0.05) is 6.04 Å². The van der Waals surface area contributed by atoms with Crippen LogP contribution in [0.15, 0.2) is 24.3 Å². The number of hydrogen-bond donors (Lipinski definition) is 2. The van der Waals surface area contributed by atoms with E-state index in [4.69, 9.17) is 9.84 Å². The molecule has 0 saturated carbocycles. The Hall–Kier alpha value is -1.55. The van der Waals surface area contributed by atoms with E-state index in [1.165, 1.54) is 0 Å². The fourth-order valence-corrected chi connectivity index (χ4v) is 2.47. The average Bonchev–Trinajstić information content (AvgIpc) is 2.38. The first-order chi connectivity index (χ1) is 9.06. The zero-order chi connectivity index (χ0) is 13.8. The minimum atomic E-state index is -0.765. The zero-order valence-electron chi connectivity index (χ0n) is 11.4. The van der Waals surface area contributed by atoms with E-state index in [0.717, 1.165) is 24.2 Å². The zero-order valence-corrected chi connectivity index (χ0v) is 11.4. The molecule has 1 aromatic carbocycles. The maximum absolute atomic E-state index is 11.1. The maximum Gasteiger partial charge on any atom is 0.320 e. The summed E-state index contributed by atoms with van der Waals surface area (Å²) in [5, 5.41) is 12.3. The molecule has 1 aromatic rings. The van der Waals surface area contributed by atoms with Gasteiger partial charge < -0.3 is 9.84 Å². The third-order valence-corrected chi connectivity index (χ3v) is 3.32. The number of rotatable bonds is 4. The summed E-state index contributed by atoms with van der Waals surface area (Å²) in [6, 6.07) is 7.58. The Kier molecular flexibility index (Phi) is 4.43. The van der Waals surface area contributed by atoms with Crippen LogP contribution in [-0.4, -0.2) is 23.2 Å². The monoisotopic (exact) mass is 263 g/mol. The molecule has 0 aliphatic carbocycles. The third-order valence-electron chi connectivity index (χ3n) is 3.32. The summed E-state index contributed by atoms with van der Waals surface area (Å²) in [5.74, 6) is 0.0750. The number of benzene rings is 1. The Morgan fingerprint density at radius 1 is 1.42 bits per heavy atom. The van der Waals surface area contributed by atoms with Gasteiger partial charge >= 0.3 is 5.97 Å². The molecule has 4 heteroatoms. The number of piperidine rings is 1. The van der Waals surface area contributed by atoms with E-state index in [2.05, 4.69) is 5.32 Å². The van der Waals surface area contributed by atoms with Crippen molar-refractivity contribution in [1.82, 2.24) is 5.32 Å². The fraction of sp³-hybridized carbons (Fsp3) is 0.533. The van der Waals surface area contributed by atoms with Gasteiger partial charge in [-0.05, 0) is 50.8 Å². The highest BCUT2D eigenvalue weighted by Crippen LogP contribution is 2.28. The molecule has 19 heavy (non-hydrogen) atoms. The van der Waals surface area contributed by atoms with Gasteiger partial charge in [0.15, 0.2) is 0 Å². The lowest BCUT2D eigenvalue weighted by atomic mass is 9.93. The predicted octanol–water partition coefficient (Wildman–Crippen LogP) is 2.74. The Morgan fingerprint density at radius 3 is 2.89 bits per heavy atom. The number of nitrogens with one attached hydrogen (secondary N) is 1. The molecular formula is C15H21NO3. The van der Waals surface area contributed by atoms with Gasteiger partial charge in [0.2, 0.25) is 0 Å². The van der Waals surface area contributed by atoms with Crippen LogP contribution in [0.5, 0.6) is 5.75 Å². The number of hydrogen-bond acceptors (Lipinski definition) is 3. The van der Waals surface area contributed by atoms with E-state index in [1.807, 2.05) is 38.1 Å². The van der Waals surface area contributed by atoms with Crippen LogP contribution in [0.25, 0.3) is 0 Å². The quantitative estimate of drug-likeness (QED) is 0.877. The van der Waals surface area contributed by atoms with Crippen molar-refractivity contribution in [3.05, 3.63) is 29.8 Å². The van der Waals surface area contributed by atoms with Crippen molar-refractivity contribution in [3.63, 3.8) is 0 Å². The van der Waals surface area contributed by atoms with Crippen LogP contribution in [0.4, 0.5) is 0 Å². The van der Waals surface area contributed by atoms with E-state index >= 15 is 0 Å². The Balaban J connectivity index is 2.10. The molecule has 2 atom stereocenters. The highest BCUT2D eigenvalue weighted by molar-refractivity contribution is 5.73. The Labute approximate surface area is 113 Å². The molecule has 0 amide bonds. The number of aliphatic carboxylic acids is 1. The second-order valence-corrected chi connectivity index (χ2v) is 5.28. The normalized spacial score (nSPS) is 23.3. The lowest BCUT2D eigenvalue weighted by Crippen LogP contribution is -2.42. The van der Waals surface area contributed by atoms with Crippen molar-refractivity contribution in [2.75, 3.05) is 0 Å². The molecule has 2 rings (SSSR count). The van der Waals surface area contributed by atoms with Gasteiger partial charge in [-0.15, -0.1) is 0 Å². The van der Waals surface area contributed by atoms with Crippen LogP contribution in [0.2, 0.25) is 0 Å². The molecule has 0 spiro atoms. The first-order valence-corrected chi connectivity index (χ1v) is 6.81.